The SMILES string of the molecule is NNc1nc(Sc2ccccc2F)c(Cl)cc1Cl. The Labute approximate surface area is 117 Å². The molecule has 0 radical (unpaired) electrons. The summed E-state index contributed by atoms with van der Waals surface area (Å²) in [5.41, 5.74) is 2.35. The summed E-state index contributed by atoms with van der Waals surface area (Å²) in [5, 5.41) is 1.08. The summed E-state index contributed by atoms with van der Waals surface area (Å²) in [6.07, 6.45) is 0. The molecule has 94 valence electrons. The van der Waals surface area contributed by atoms with E-state index in [0.717, 1.165) is 11.8 Å². The normalized spacial score (nSPS) is 10.4. The number of anilines is 1. The van der Waals surface area contributed by atoms with Crippen molar-refractivity contribution in [1.29, 1.82) is 0 Å². The molecule has 0 spiro atoms. The summed E-state index contributed by atoms with van der Waals surface area (Å²) in [7, 11) is 0. The van der Waals surface area contributed by atoms with Crippen molar-refractivity contribution >= 4 is 40.8 Å². The quantitative estimate of drug-likeness (QED) is 0.665. The first-order chi connectivity index (χ1) is 8.61. The van der Waals surface area contributed by atoms with Crippen LogP contribution in [0.4, 0.5) is 10.2 Å². The number of rotatable bonds is 3. The van der Waals surface area contributed by atoms with Gasteiger partial charge in [0, 0.05) is 4.90 Å². The highest BCUT2D eigenvalue weighted by atomic mass is 35.5. The molecular formula is C11H8Cl2FN3S. The summed E-state index contributed by atoms with van der Waals surface area (Å²) in [6, 6.07) is 7.87. The van der Waals surface area contributed by atoms with E-state index in [-0.39, 0.29) is 5.82 Å². The van der Waals surface area contributed by atoms with E-state index in [0.29, 0.717) is 25.8 Å². The van der Waals surface area contributed by atoms with Crippen LogP contribution >= 0.6 is 35.0 Å². The molecule has 0 saturated carbocycles. The van der Waals surface area contributed by atoms with Crippen molar-refractivity contribution in [3.8, 4) is 0 Å². The largest absolute Gasteiger partial charge is 0.307 e. The Kier molecular flexibility index (Phi) is 4.29. The minimum Gasteiger partial charge on any atom is -0.307 e. The maximum atomic E-state index is 13.5. The maximum Gasteiger partial charge on any atom is 0.160 e. The zero-order valence-electron chi connectivity index (χ0n) is 8.95. The van der Waals surface area contributed by atoms with Crippen LogP contribution in [0, 0.1) is 5.82 Å². The number of benzene rings is 1. The van der Waals surface area contributed by atoms with Crippen LogP contribution in [0.3, 0.4) is 0 Å². The first-order valence-electron chi connectivity index (χ1n) is 4.87. The molecule has 0 bridgehead atoms. The molecule has 1 heterocycles. The van der Waals surface area contributed by atoms with Gasteiger partial charge in [0.2, 0.25) is 0 Å². The molecule has 0 unspecified atom stereocenters. The molecule has 3 nitrogen and oxygen atoms in total. The van der Waals surface area contributed by atoms with Crippen LogP contribution in [0.2, 0.25) is 10.0 Å². The highest BCUT2D eigenvalue weighted by Crippen LogP contribution is 2.36. The molecular weight excluding hydrogens is 296 g/mol. The van der Waals surface area contributed by atoms with Crippen molar-refractivity contribution in [1.82, 2.24) is 4.98 Å². The van der Waals surface area contributed by atoms with Gasteiger partial charge in [-0.2, -0.15) is 0 Å². The van der Waals surface area contributed by atoms with Crippen LogP contribution in [-0.2, 0) is 0 Å². The Morgan fingerprint density at radius 3 is 2.61 bits per heavy atom. The van der Waals surface area contributed by atoms with Crippen molar-refractivity contribution in [3.05, 3.63) is 46.2 Å². The standard InChI is InChI=1S/C11H8Cl2FN3S/c12-6-5-7(13)11(16-10(6)17-15)18-9-4-2-1-3-8(9)14/h1-5H,15H2,(H,16,17). The molecule has 0 saturated heterocycles. The van der Waals surface area contributed by atoms with Crippen molar-refractivity contribution < 1.29 is 4.39 Å². The average Bonchev–Trinajstić information content (AvgIpc) is 2.35. The van der Waals surface area contributed by atoms with Gasteiger partial charge in [-0.3, -0.25) is 0 Å². The fourth-order valence-electron chi connectivity index (χ4n) is 1.25. The molecule has 0 atom stereocenters. The van der Waals surface area contributed by atoms with E-state index in [1.54, 1.807) is 18.2 Å². The number of nitrogen functional groups attached to an aromatic ring is 1. The number of hydrogen-bond donors (Lipinski definition) is 2. The molecule has 0 fully saturated rings. The van der Waals surface area contributed by atoms with Crippen LogP contribution in [0.5, 0.6) is 0 Å². The first kappa shape index (κ1) is 13.4. The van der Waals surface area contributed by atoms with Gasteiger partial charge < -0.3 is 5.43 Å². The molecule has 3 N–H and O–H groups in total. The Morgan fingerprint density at radius 1 is 1.22 bits per heavy atom. The Morgan fingerprint density at radius 2 is 1.94 bits per heavy atom. The van der Waals surface area contributed by atoms with Gasteiger partial charge in [-0.05, 0) is 18.2 Å². The van der Waals surface area contributed by atoms with Crippen molar-refractivity contribution in [2.24, 2.45) is 5.84 Å². The summed E-state index contributed by atoms with van der Waals surface area (Å²) < 4.78 is 13.5. The van der Waals surface area contributed by atoms with Gasteiger partial charge >= 0.3 is 0 Å². The smallest absolute Gasteiger partial charge is 0.160 e. The van der Waals surface area contributed by atoms with Gasteiger partial charge in [0.15, 0.2) is 5.82 Å². The summed E-state index contributed by atoms with van der Waals surface area (Å²) >= 11 is 13.0. The molecule has 0 aliphatic carbocycles. The van der Waals surface area contributed by atoms with E-state index < -0.39 is 0 Å². The molecule has 2 rings (SSSR count). The minimum atomic E-state index is -0.336. The van der Waals surface area contributed by atoms with Gasteiger partial charge in [-0.1, -0.05) is 47.1 Å². The van der Waals surface area contributed by atoms with Crippen molar-refractivity contribution in [2.75, 3.05) is 5.43 Å². The molecule has 0 amide bonds. The second-order valence-corrected chi connectivity index (χ2v) is 5.13. The van der Waals surface area contributed by atoms with E-state index in [9.17, 15) is 4.39 Å². The van der Waals surface area contributed by atoms with Gasteiger partial charge in [0.05, 0.1) is 10.0 Å². The molecule has 7 heteroatoms. The van der Waals surface area contributed by atoms with Crippen LogP contribution in [0.15, 0.2) is 40.3 Å². The summed E-state index contributed by atoms with van der Waals surface area (Å²) in [4.78, 5) is 4.55. The number of hydrazine groups is 1. The average molecular weight is 304 g/mol. The molecule has 2 aromatic rings. The van der Waals surface area contributed by atoms with Crippen molar-refractivity contribution in [3.63, 3.8) is 0 Å². The molecule has 1 aromatic carbocycles. The fourth-order valence-corrected chi connectivity index (χ4v) is 2.60. The number of nitrogens with zero attached hydrogens (tertiary/aromatic N) is 1. The summed E-state index contributed by atoms with van der Waals surface area (Å²) in [6.45, 7) is 0. The number of hydrogen-bond acceptors (Lipinski definition) is 4. The zero-order chi connectivity index (χ0) is 13.1. The highest BCUT2D eigenvalue weighted by molar-refractivity contribution is 7.99. The minimum absolute atomic E-state index is 0.292. The van der Waals surface area contributed by atoms with Crippen molar-refractivity contribution in [2.45, 2.75) is 9.92 Å². The van der Waals surface area contributed by atoms with Crippen LogP contribution < -0.4 is 11.3 Å². The van der Waals surface area contributed by atoms with Gasteiger partial charge in [-0.15, -0.1) is 0 Å². The predicted molar refractivity (Wildman–Crippen MR) is 72.6 cm³/mol. The maximum absolute atomic E-state index is 13.5. The first-order valence-corrected chi connectivity index (χ1v) is 6.44. The van der Waals surface area contributed by atoms with Crippen LogP contribution in [0.25, 0.3) is 0 Å². The molecule has 18 heavy (non-hydrogen) atoms. The van der Waals surface area contributed by atoms with Crippen LogP contribution in [0.1, 0.15) is 0 Å². The second kappa shape index (κ2) is 5.75. The lowest BCUT2D eigenvalue weighted by molar-refractivity contribution is 0.602. The third-order valence-corrected chi connectivity index (χ3v) is 3.82. The van der Waals surface area contributed by atoms with E-state index in [1.165, 1.54) is 12.1 Å². The lowest BCUT2D eigenvalue weighted by atomic mass is 10.3. The second-order valence-electron chi connectivity index (χ2n) is 3.28. The number of aromatic nitrogens is 1. The van der Waals surface area contributed by atoms with E-state index in [4.69, 9.17) is 29.0 Å². The number of nitrogens with one attached hydrogen (secondary N) is 1. The van der Waals surface area contributed by atoms with E-state index in [2.05, 4.69) is 10.4 Å². The van der Waals surface area contributed by atoms with Gasteiger partial charge in [0.25, 0.3) is 0 Å². The predicted octanol–water partition coefficient (Wildman–Crippen LogP) is 3.96. The van der Waals surface area contributed by atoms with E-state index >= 15 is 0 Å². The Hall–Kier alpha value is -1.01. The fraction of sp³-hybridized carbons (Fsp3) is 0. The van der Waals surface area contributed by atoms with Crippen LogP contribution in [-0.4, -0.2) is 4.98 Å². The Balaban J connectivity index is 2.38. The third-order valence-electron chi connectivity index (χ3n) is 2.08. The molecule has 0 aliphatic rings. The monoisotopic (exact) mass is 303 g/mol. The van der Waals surface area contributed by atoms with Gasteiger partial charge in [-0.25, -0.2) is 15.2 Å². The lowest BCUT2D eigenvalue weighted by Crippen LogP contribution is -2.09. The number of nitrogens with two attached hydrogens (primary N) is 1. The van der Waals surface area contributed by atoms with E-state index in [1.807, 2.05) is 0 Å². The lowest BCUT2D eigenvalue weighted by Gasteiger charge is -2.08. The molecule has 1 aromatic heterocycles. The summed E-state index contributed by atoms with van der Waals surface area (Å²) in [5.74, 6) is 5.23. The molecule has 0 aliphatic heterocycles. The van der Waals surface area contributed by atoms with Gasteiger partial charge in [0.1, 0.15) is 10.8 Å². The number of halogens is 3. The third kappa shape index (κ3) is 2.87. The Bertz CT molecular complexity index is 580. The highest BCUT2D eigenvalue weighted by Gasteiger charge is 2.12. The number of pyridine rings is 1. The zero-order valence-corrected chi connectivity index (χ0v) is 11.3. The topological polar surface area (TPSA) is 50.9 Å².